The van der Waals surface area contributed by atoms with E-state index in [9.17, 15) is 13.2 Å². The smallest absolute Gasteiger partial charge is 0.420 e. The van der Waals surface area contributed by atoms with Gasteiger partial charge in [-0.3, -0.25) is 0 Å². The number of alkyl halides is 3. The Hall–Kier alpha value is -2.74. The number of hydrogen-bond donors (Lipinski definition) is 0. The highest BCUT2D eigenvalue weighted by Crippen LogP contribution is 2.39. The summed E-state index contributed by atoms with van der Waals surface area (Å²) in [5, 5.41) is -0.128. The molecule has 0 bridgehead atoms. The lowest BCUT2D eigenvalue weighted by atomic mass is 10.2. The predicted molar refractivity (Wildman–Crippen MR) is 112 cm³/mol. The molecule has 0 atom stereocenters. The topological polar surface area (TPSA) is 38.2 Å². The maximum Gasteiger partial charge on any atom is 0.420 e. The van der Waals surface area contributed by atoms with Crippen LogP contribution < -0.4 is 9.64 Å². The lowest BCUT2D eigenvalue weighted by Crippen LogP contribution is -2.20. The van der Waals surface area contributed by atoms with Crippen molar-refractivity contribution >= 4 is 23.4 Å². The molecule has 158 valence electrons. The van der Waals surface area contributed by atoms with Gasteiger partial charge in [0.05, 0.1) is 6.10 Å². The second-order valence-corrected chi connectivity index (χ2v) is 7.77. The van der Waals surface area contributed by atoms with Gasteiger partial charge in [0.15, 0.2) is 0 Å². The van der Waals surface area contributed by atoms with E-state index < -0.39 is 11.7 Å². The zero-order chi connectivity index (χ0) is 21.7. The quantitative estimate of drug-likeness (QED) is 0.393. The first kappa shape index (κ1) is 22.0. The summed E-state index contributed by atoms with van der Waals surface area (Å²) in [6.07, 6.45) is -3.64. The van der Waals surface area contributed by atoms with Gasteiger partial charge in [-0.15, -0.1) is 0 Å². The van der Waals surface area contributed by atoms with E-state index in [2.05, 4.69) is 9.97 Å². The number of anilines is 2. The molecule has 2 aromatic carbocycles. The monoisotopic (exact) mass is 433 g/mol. The number of benzene rings is 2. The van der Waals surface area contributed by atoms with Crippen molar-refractivity contribution in [1.82, 2.24) is 9.97 Å². The molecular formula is C22H22F3N3OS. The molecule has 8 heteroatoms. The first-order valence-corrected chi connectivity index (χ1v) is 10.3. The summed E-state index contributed by atoms with van der Waals surface area (Å²) in [5.74, 6) is 0.930. The maximum atomic E-state index is 13.5. The molecular weight excluding hydrogens is 411 g/mol. The van der Waals surface area contributed by atoms with Crippen LogP contribution in [0.2, 0.25) is 0 Å². The second kappa shape index (κ2) is 9.38. The molecule has 0 radical (unpaired) electrons. The van der Waals surface area contributed by atoms with Crippen LogP contribution in [0.4, 0.5) is 24.8 Å². The molecule has 0 aliphatic rings. The van der Waals surface area contributed by atoms with Crippen LogP contribution in [-0.4, -0.2) is 22.6 Å². The molecule has 0 saturated heterocycles. The minimum absolute atomic E-state index is 0.0499. The molecule has 30 heavy (non-hydrogen) atoms. The summed E-state index contributed by atoms with van der Waals surface area (Å²) in [7, 11) is 0. The van der Waals surface area contributed by atoms with Crippen molar-refractivity contribution < 1.29 is 17.9 Å². The standard InChI is InChI=1S/C22H22F3N3OS/c1-4-28(16-10-12-17(13-11-16)29-15(2)3)21-26-14-19(22(23,24)25)20(27-21)30-18-8-6-5-7-9-18/h5-15H,4H2,1-3H3. The van der Waals surface area contributed by atoms with Crippen LogP contribution >= 0.6 is 11.8 Å². The zero-order valence-corrected chi connectivity index (χ0v) is 17.7. The van der Waals surface area contributed by atoms with Crippen LogP contribution in [0, 0.1) is 0 Å². The molecule has 1 heterocycles. The third-order valence-electron chi connectivity index (χ3n) is 4.08. The van der Waals surface area contributed by atoms with E-state index in [1.807, 2.05) is 51.1 Å². The van der Waals surface area contributed by atoms with E-state index in [1.165, 1.54) is 0 Å². The van der Waals surface area contributed by atoms with Gasteiger partial charge >= 0.3 is 6.18 Å². The average molecular weight is 433 g/mol. The summed E-state index contributed by atoms with van der Waals surface area (Å²) < 4.78 is 46.2. The highest BCUT2D eigenvalue weighted by molar-refractivity contribution is 7.99. The van der Waals surface area contributed by atoms with E-state index in [0.717, 1.165) is 29.4 Å². The van der Waals surface area contributed by atoms with Crippen LogP contribution in [0.25, 0.3) is 0 Å². The van der Waals surface area contributed by atoms with Crippen molar-refractivity contribution in [2.45, 2.75) is 43.0 Å². The van der Waals surface area contributed by atoms with Gasteiger partial charge in [0, 0.05) is 23.3 Å². The number of halogens is 3. The van der Waals surface area contributed by atoms with Crippen LogP contribution in [-0.2, 0) is 6.18 Å². The fourth-order valence-electron chi connectivity index (χ4n) is 2.78. The molecule has 3 rings (SSSR count). The van der Waals surface area contributed by atoms with Crippen LogP contribution in [0.5, 0.6) is 5.75 Å². The molecule has 0 saturated carbocycles. The average Bonchev–Trinajstić information content (AvgIpc) is 2.69. The maximum absolute atomic E-state index is 13.5. The van der Waals surface area contributed by atoms with Crippen molar-refractivity contribution in [2.24, 2.45) is 0 Å². The highest BCUT2D eigenvalue weighted by Gasteiger charge is 2.35. The van der Waals surface area contributed by atoms with E-state index in [0.29, 0.717) is 11.4 Å². The normalized spacial score (nSPS) is 11.6. The van der Waals surface area contributed by atoms with Gasteiger partial charge in [-0.1, -0.05) is 30.0 Å². The first-order valence-electron chi connectivity index (χ1n) is 9.49. The minimum Gasteiger partial charge on any atom is -0.491 e. The SMILES string of the molecule is CCN(c1ccc(OC(C)C)cc1)c1ncc(C(F)(F)F)c(Sc2ccccc2)n1. The van der Waals surface area contributed by atoms with E-state index in [1.54, 1.807) is 29.2 Å². The number of hydrogen-bond acceptors (Lipinski definition) is 5. The molecule has 0 aliphatic heterocycles. The first-order chi connectivity index (χ1) is 14.3. The Morgan fingerprint density at radius 1 is 1.03 bits per heavy atom. The largest absolute Gasteiger partial charge is 0.491 e. The summed E-state index contributed by atoms with van der Waals surface area (Å²) in [4.78, 5) is 10.7. The van der Waals surface area contributed by atoms with Crippen LogP contribution in [0.1, 0.15) is 26.3 Å². The van der Waals surface area contributed by atoms with Crippen molar-refractivity contribution in [3.63, 3.8) is 0 Å². The van der Waals surface area contributed by atoms with Gasteiger partial charge in [0.25, 0.3) is 0 Å². The summed E-state index contributed by atoms with van der Waals surface area (Å²) >= 11 is 0.970. The Bertz CT molecular complexity index is 964. The third kappa shape index (κ3) is 5.44. The van der Waals surface area contributed by atoms with Crippen molar-refractivity contribution in [1.29, 1.82) is 0 Å². The Morgan fingerprint density at radius 2 is 1.70 bits per heavy atom. The van der Waals surface area contributed by atoms with E-state index in [-0.39, 0.29) is 17.1 Å². The number of aromatic nitrogens is 2. The van der Waals surface area contributed by atoms with Gasteiger partial charge in [-0.25, -0.2) is 9.97 Å². The summed E-state index contributed by atoms with van der Waals surface area (Å²) in [5.41, 5.74) is -0.0825. The Morgan fingerprint density at radius 3 is 2.27 bits per heavy atom. The van der Waals surface area contributed by atoms with Crippen LogP contribution in [0.3, 0.4) is 0 Å². The predicted octanol–water partition coefficient (Wildman–Crippen LogP) is 6.59. The molecule has 0 unspecified atom stereocenters. The summed E-state index contributed by atoms with van der Waals surface area (Å²) in [6.45, 7) is 6.26. The van der Waals surface area contributed by atoms with Crippen LogP contribution in [0.15, 0.2) is 70.7 Å². The molecule has 0 amide bonds. The molecule has 3 aromatic rings. The fourth-order valence-corrected chi connectivity index (χ4v) is 3.70. The van der Waals surface area contributed by atoms with Crippen molar-refractivity contribution in [3.8, 4) is 5.75 Å². The second-order valence-electron chi connectivity index (χ2n) is 6.71. The molecule has 0 N–H and O–H groups in total. The molecule has 0 fully saturated rings. The van der Waals surface area contributed by atoms with Crippen molar-refractivity contribution in [2.75, 3.05) is 11.4 Å². The number of rotatable bonds is 7. The van der Waals surface area contributed by atoms with Gasteiger partial charge in [-0.2, -0.15) is 13.2 Å². The van der Waals surface area contributed by atoms with Gasteiger partial charge in [0.2, 0.25) is 5.95 Å². The lowest BCUT2D eigenvalue weighted by Gasteiger charge is -2.23. The minimum atomic E-state index is -4.54. The molecule has 1 aromatic heterocycles. The molecule has 0 spiro atoms. The summed E-state index contributed by atoms with van der Waals surface area (Å²) in [6, 6.07) is 16.2. The Labute approximate surface area is 178 Å². The van der Waals surface area contributed by atoms with Gasteiger partial charge < -0.3 is 9.64 Å². The third-order valence-corrected chi connectivity index (χ3v) is 5.09. The molecule has 4 nitrogen and oxygen atoms in total. The Kier molecular flexibility index (Phi) is 6.87. The van der Waals surface area contributed by atoms with Crippen molar-refractivity contribution in [3.05, 3.63) is 66.4 Å². The highest BCUT2D eigenvalue weighted by atomic mass is 32.2. The Balaban J connectivity index is 1.96. The molecule has 0 aliphatic carbocycles. The van der Waals surface area contributed by atoms with Gasteiger partial charge in [-0.05, 0) is 57.2 Å². The van der Waals surface area contributed by atoms with E-state index >= 15 is 0 Å². The fraction of sp³-hybridized carbons (Fsp3) is 0.273. The number of ether oxygens (including phenoxy) is 1. The zero-order valence-electron chi connectivity index (χ0n) is 16.8. The van der Waals surface area contributed by atoms with E-state index in [4.69, 9.17) is 4.74 Å². The van der Waals surface area contributed by atoms with Gasteiger partial charge in [0.1, 0.15) is 16.3 Å². The number of nitrogens with zero attached hydrogens (tertiary/aromatic N) is 3. The lowest BCUT2D eigenvalue weighted by molar-refractivity contribution is -0.140.